The van der Waals surface area contributed by atoms with Gasteiger partial charge in [-0.25, -0.2) is 0 Å². The van der Waals surface area contributed by atoms with Gasteiger partial charge in [0.25, 0.3) is 0 Å². The second-order valence-electron chi connectivity index (χ2n) is 6.11. The number of nitrogens with zero attached hydrogens (tertiary/aromatic N) is 2. The van der Waals surface area contributed by atoms with Crippen LogP contribution in [-0.4, -0.2) is 21.2 Å². The van der Waals surface area contributed by atoms with E-state index in [-0.39, 0.29) is 11.8 Å². The molecule has 0 spiro atoms. The molecule has 0 radical (unpaired) electrons. The van der Waals surface area contributed by atoms with Crippen molar-refractivity contribution in [1.29, 1.82) is 0 Å². The van der Waals surface area contributed by atoms with Gasteiger partial charge in [0.1, 0.15) is 0 Å². The zero-order valence-electron chi connectivity index (χ0n) is 11.4. The molecule has 2 fully saturated rings. The Morgan fingerprint density at radius 1 is 1.37 bits per heavy atom. The Kier molecular flexibility index (Phi) is 3.07. The van der Waals surface area contributed by atoms with Gasteiger partial charge >= 0.3 is 5.97 Å². The summed E-state index contributed by atoms with van der Waals surface area (Å²) in [6.07, 6.45) is 3.72. The number of carbonyl (C=O) groups is 1. The van der Waals surface area contributed by atoms with Crippen LogP contribution in [-0.2, 0) is 4.79 Å². The molecule has 5 nitrogen and oxygen atoms in total. The van der Waals surface area contributed by atoms with E-state index in [1.54, 1.807) is 0 Å². The SMILES string of the molecule is CCC1CC(C(=O)O)C(c2nc(C3CC3C)no2)C1. The van der Waals surface area contributed by atoms with Gasteiger partial charge in [0.2, 0.25) is 5.89 Å². The van der Waals surface area contributed by atoms with Gasteiger partial charge in [-0.2, -0.15) is 4.98 Å². The maximum Gasteiger partial charge on any atom is 0.307 e. The highest BCUT2D eigenvalue weighted by Crippen LogP contribution is 2.47. The van der Waals surface area contributed by atoms with E-state index < -0.39 is 5.97 Å². The average molecular weight is 264 g/mol. The molecule has 2 aliphatic rings. The molecule has 0 aromatic carbocycles. The number of hydrogen-bond donors (Lipinski definition) is 1. The minimum atomic E-state index is -0.736. The first-order valence-electron chi connectivity index (χ1n) is 7.16. The van der Waals surface area contributed by atoms with Gasteiger partial charge in [-0.15, -0.1) is 0 Å². The molecule has 0 amide bonds. The molecular formula is C14H20N2O3. The van der Waals surface area contributed by atoms with Crippen LogP contribution in [0.25, 0.3) is 0 Å². The van der Waals surface area contributed by atoms with Crippen LogP contribution in [0.4, 0.5) is 0 Å². The van der Waals surface area contributed by atoms with E-state index >= 15 is 0 Å². The van der Waals surface area contributed by atoms with Crippen molar-refractivity contribution >= 4 is 5.97 Å². The third-order valence-corrected chi connectivity index (χ3v) is 4.77. The molecular weight excluding hydrogens is 244 g/mol. The number of rotatable bonds is 4. The lowest BCUT2D eigenvalue weighted by molar-refractivity contribution is -0.142. The summed E-state index contributed by atoms with van der Waals surface area (Å²) in [7, 11) is 0. The van der Waals surface area contributed by atoms with Crippen molar-refractivity contribution in [2.45, 2.75) is 51.4 Å². The summed E-state index contributed by atoms with van der Waals surface area (Å²) < 4.78 is 5.35. The van der Waals surface area contributed by atoms with Gasteiger partial charge in [-0.3, -0.25) is 4.79 Å². The summed E-state index contributed by atoms with van der Waals surface area (Å²) >= 11 is 0. The van der Waals surface area contributed by atoms with Crippen molar-refractivity contribution in [3.8, 4) is 0 Å². The van der Waals surface area contributed by atoms with Crippen molar-refractivity contribution in [1.82, 2.24) is 10.1 Å². The van der Waals surface area contributed by atoms with E-state index in [1.807, 2.05) is 0 Å². The highest BCUT2D eigenvalue weighted by Gasteiger charge is 2.43. The Morgan fingerprint density at radius 2 is 2.11 bits per heavy atom. The Hall–Kier alpha value is -1.39. The minimum Gasteiger partial charge on any atom is -0.481 e. The quantitative estimate of drug-likeness (QED) is 0.904. The molecule has 3 rings (SSSR count). The topological polar surface area (TPSA) is 76.2 Å². The summed E-state index contributed by atoms with van der Waals surface area (Å²) in [5, 5.41) is 13.4. The zero-order chi connectivity index (χ0) is 13.6. The summed E-state index contributed by atoms with van der Waals surface area (Å²) in [6, 6.07) is 0. The van der Waals surface area contributed by atoms with E-state index in [4.69, 9.17) is 4.52 Å². The number of aliphatic carboxylic acids is 1. The van der Waals surface area contributed by atoms with Crippen molar-refractivity contribution in [3.63, 3.8) is 0 Å². The van der Waals surface area contributed by atoms with Gasteiger partial charge in [0, 0.05) is 5.92 Å². The lowest BCUT2D eigenvalue weighted by Gasteiger charge is -2.09. The van der Waals surface area contributed by atoms with E-state index in [0.29, 0.717) is 23.6 Å². The third kappa shape index (κ3) is 2.26. The molecule has 0 aliphatic heterocycles. The molecule has 19 heavy (non-hydrogen) atoms. The van der Waals surface area contributed by atoms with Gasteiger partial charge in [-0.05, 0) is 31.1 Å². The van der Waals surface area contributed by atoms with Crippen LogP contribution in [0.15, 0.2) is 4.52 Å². The van der Waals surface area contributed by atoms with E-state index in [9.17, 15) is 9.90 Å². The molecule has 1 N–H and O–H groups in total. The van der Waals surface area contributed by atoms with Crippen LogP contribution >= 0.6 is 0 Å². The Labute approximate surface area is 112 Å². The van der Waals surface area contributed by atoms with Crippen molar-refractivity contribution < 1.29 is 14.4 Å². The van der Waals surface area contributed by atoms with Crippen molar-refractivity contribution in [2.75, 3.05) is 0 Å². The fourth-order valence-corrected chi connectivity index (χ4v) is 3.25. The summed E-state index contributed by atoms with van der Waals surface area (Å²) in [6.45, 7) is 4.28. The average Bonchev–Trinajstić information content (AvgIpc) is 2.87. The lowest BCUT2D eigenvalue weighted by Crippen LogP contribution is -2.17. The molecule has 2 saturated carbocycles. The maximum atomic E-state index is 11.4. The number of hydrogen-bond acceptors (Lipinski definition) is 4. The molecule has 1 aromatic heterocycles. The monoisotopic (exact) mass is 264 g/mol. The first-order valence-corrected chi connectivity index (χ1v) is 7.16. The summed E-state index contributed by atoms with van der Waals surface area (Å²) in [4.78, 5) is 15.8. The van der Waals surface area contributed by atoms with Gasteiger partial charge in [-0.1, -0.05) is 25.4 Å². The van der Waals surface area contributed by atoms with Crippen LogP contribution in [0.2, 0.25) is 0 Å². The Balaban J connectivity index is 1.79. The van der Waals surface area contributed by atoms with Crippen molar-refractivity contribution in [2.24, 2.45) is 17.8 Å². The molecule has 2 aliphatic carbocycles. The largest absolute Gasteiger partial charge is 0.481 e. The van der Waals surface area contributed by atoms with Gasteiger partial charge < -0.3 is 9.63 Å². The fraction of sp³-hybridized carbons (Fsp3) is 0.786. The number of aromatic nitrogens is 2. The normalized spacial score (nSPS) is 37.5. The number of carboxylic acid groups (broad SMARTS) is 1. The van der Waals surface area contributed by atoms with Crippen molar-refractivity contribution in [3.05, 3.63) is 11.7 Å². The second kappa shape index (κ2) is 4.62. The molecule has 5 heteroatoms. The Bertz CT molecular complexity index is 485. The van der Waals surface area contributed by atoms with Gasteiger partial charge in [0.05, 0.1) is 11.8 Å². The van der Waals surface area contributed by atoms with E-state index in [1.165, 1.54) is 0 Å². The van der Waals surface area contributed by atoms with Gasteiger partial charge in [0.15, 0.2) is 5.82 Å². The first-order chi connectivity index (χ1) is 9.10. The lowest BCUT2D eigenvalue weighted by atomic mass is 9.96. The van der Waals surface area contributed by atoms with Crippen LogP contribution in [0.1, 0.15) is 63.1 Å². The zero-order valence-corrected chi connectivity index (χ0v) is 11.4. The predicted octanol–water partition coefficient (Wildman–Crippen LogP) is 2.80. The van der Waals surface area contributed by atoms with Crippen LogP contribution < -0.4 is 0 Å². The standard InChI is InChI=1S/C14H20N2O3/c1-3-8-5-10(11(6-8)14(17)18)13-15-12(16-19-13)9-4-7(9)2/h7-11H,3-6H2,1-2H3,(H,17,18). The number of carboxylic acids is 1. The molecule has 0 saturated heterocycles. The van der Waals surface area contributed by atoms with Crippen LogP contribution in [0.3, 0.4) is 0 Å². The predicted molar refractivity (Wildman–Crippen MR) is 67.7 cm³/mol. The maximum absolute atomic E-state index is 11.4. The highest BCUT2D eigenvalue weighted by molar-refractivity contribution is 5.71. The molecule has 0 bridgehead atoms. The summed E-state index contributed by atoms with van der Waals surface area (Å²) in [5.41, 5.74) is 0. The van der Waals surface area contributed by atoms with Crippen LogP contribution in [0.5, 0.6) is 0 Å². The Morgan fingerprint density at radius 3 is 2.68 bits per heavy atom. The first kappa shape index (κ1) is 12.6. The molecule has 104 valence electrons. The third-order valence-electron chi connectivity index (χ3n) is 4.77. The second-order valence-corrected chi connectivity index (χ2v) is 6.11. The molecule has 1 heterocycles. The summed E-state index contributed by atoms with van der Waals surface area (Å²) in [5.74, 6) is 1.62. The molecule has 1 aromatic rings. The minimum absolute atomic E-state index is 0.0993. The smallest absolute Gasteiger partial charge is 0.307 e. The molecule has 5 atom stereocenters. The highest BCUT2D eigenvalue weighted by atomic mass is 16.5. The van der Waals surface area contributed by atoms with E-state index in [2.05, 4.69) is 24.0 Å². The molecule has 5 unspecified atom stereocenters. The fourth-order valence-electron chi connectivity index (χ4n) is 3.25. The van der Waals surface area contributed by atoms with Crippen LogP contribution in [0, 0.1) is 17.8 Å². The van der Waals surface area contributed by atoms with E-state index in [0.717, 1.165) is 31.5 Å².